The number of carbonyl (C=O) groups is 3. The average Bonchev–Trinajstić information content (AvgIpc) is 3.13. The summed E-state index contributed by atoms with van der Waals surface area (Å²) in [7, 11) is 1.45. The molecule has 0 saturated carbocycles. The zero-order valence-corrected chi connectivity index (χ0v) is 15.2. The normalized spacial score (nSPS) is 11.5. The van der Waals surface area contributed by atoms with E-state index in [-0.39, 0.29) is 18.3 Å². The lowest BCUT2D eigenvalue weighted by atomic mass is 10.2. The van der Waals surface area contributed by atoms with Gasteiger partial charge in [0.05, 0.1) is 18.4 Å². The van der Waals surface area contributed by atoms with Gasteiger partial charge in [-0.05, 0) is 36.4 Å². The van der Waals surface area contributed by atoms with Crippen LogP contribution in [0.15, 0.2) is 36.4 Å². The number of fused-ring (bicyclic) bond motifs is 1. The molecule has 2 aromatic carbocycles. The molecule has 0 aromatic heterocycles. The first kappa shape index (κ1) is 19.0. The van der Waals surface area contributed by atoms with Gasteiger partial charge in [-0.25, -0.2) is 4.79 Å². The Morgan fingerprint density at radius 2 is 1.82 bits per heavy atom. The lowest BCUT2D eigenvalue weighted by molar-refractivity contribution is -0.119. The second-order valence-electron chi connectivity index (χ2n) is 5.79. The summed E-state index contributed by atoms with van der Waals surface area (Å²) in [5.74, 6) is -0.108. The second-order valence-corrected chi connectivity index (χ2v) is 5.79. The zero-order chi connectivity index (χ0) is 20.1. The molecule has 146 valence electrons. The lowest BCUT2D eigenvalue weighted by Gasteiger charge is -2.12. The summed E-state index contributed by atoms with van der Waals surface area (Å²) in [6, 6.07) is 9.38. The fourth-order valence-electron chi connectivity index (χ4n) is 2.51. The first-order valence-electron chi connectivity index (χ1n) is 8.28. The molecular weight excluding hydrogens is 368 g/mol. The quantitative estimate of drug-likeness (QED) is 0.732. The Bertz CT molecular complexity index is 926. The van der Waals surface area contributed by atoms with Crippen molar-refractivity contribution in [3.63, 3.8) is 0 Å². The number of amides is 2. The van der Waals surface area contributed by atoms with Gasteiger partial charge in [-0.15, -0.1) is 0 Å². The molecule has 0 radical (unpaired) electrons. The van der Waals surface area contributed by atoms with Gasteiger partial charge in [0.2, 0.25) is 12.7 Å². The third kappa shape index (κ3) is 4.50. The summed E-state index contributed by atoms with van der Waals surface area (Å²) in [5.41, 5.74) is 1.06. The van der Waals surface area contributed by atoms with Crippen LogP contribution in [-0.4, -0.2) is 38.3 Å². The van der Waals surface area contributed by atoms with Gasteiger partial charge >= 0.3 is 5.97 Å². The third-order valence-corrected chi connectivity index (χ3v) is 3.74. The van der Waals surface area contributed by atoms with Gasteiger partial charge < -0.3 is 29.6 Å². The minimum Gasteiger partial charge on any atom is -0.495 e. The van der Waals surface area contributed by atoms with Crippen LogP contribution in [0.5, 0.6) is 17.2 Å². The van der Waals surface area contributed by atoms with Crippen molar-refractivity contribution in [2.75, 3.05) is 31.1 Å². The molecule has 0 spiro atoms. The lowest BCUT2D eigenvalue weighted by Crippen LogP contribution is -2.21. The Morgan fingerprint density at radius 1 is 1.04 bits per heavy atom. The van der Waals surface area contributed by atoms with E-state index in [2.05, 4.69) is 10.6 Å². The van der Waals surface area contributed by atoms with Crippen LogP contribution < -0.4 is 24.8 Å². The number of methoxy groups -OCH3 is 1. The topological polar surface area (TPSA) is 112 Å². The summed E-state index contributed by atoms with van der Waals surface area (Å²) in [6.45, 7) is 0.967. The summed E-state index contributed by atoms with van der Waals surface area (Å²) in [4.78, 5) is 35.5. The molecule has 9 heteroatoms. The SMILES string of the molecule is COc1ccc(NC(C)=O)cc1NC(=O)COC(=O)c1ccc2c(c1)OCO2. The molecule has 0 aliphatic carbocycles. The maximum Gasteiger partial charge on any atom is 0.338 e. The van der Waals surface area contributed by atoms with E-state index in [4.69, 9.17) is 18.9 Å². The Morgan fingerprint density at radius 3 is 2.57 bits per heavy atom. The predicted molar refractivity (Wildman–Crippen MR) is 98.8 cm³/mol. The molecule has 0 saturated heterocycles. The summed E-state index contributed by atoms with van der Waals surface area (Å²) < 4.78 is 20.6. The van der Waals surface area contributed by atoms with E-state index < -0.39 is 18.5 Å². The minimum absolute atomic E-state index is 0.0929. The minimum atomic E-state index is -0.674. The highest BCUT2D eigenvalue weighted by Gasteiger charge is 2.18. The molecule has 1 aliphatic rings. The molecule has 0 bridgehead atoms. The second kappa shape index (κ2) is 8.30. The fraction of sp³-hybridized carbons (Fsp3) is 0.211. The van der Waals surface area contributed by atoms with Crippen LogP contribution in [0.1, 0.15) is 17.3 Å². The highest BCUT2D eigenvalue weighted by Crippen LogP contribution is 2.32. The number of rotatable bonds is 6. The molecule has 28 heavy (non-hydrogen) atoms. The Hall–Kier alpha value is -3.75. The fourth-order valence-corrected chi connectivity index (χ4v) is 2.51. The zero-order valence-electron chi connectivity index (χ0n) is 15.2. The number of anilines is 2. The van der Waals surface area contributed by atoms with Gasteiger partial charge in [-0.2, -0.15) is 0 Å². The number of hydrogen-bond acceptors (Lipinski definition) is 7. The monoisotopic (exact) mass is 386 g/mol. The molecule has 0 unspecified atom stereocenters. The molecule has 1 aliphatic heterocycles. The van der Waals surface area contributed by atoms with Gasteiger partial charge in [0, 0.05) is 12.6 Å². The van der Waals surface area contributed by atoms with E-state index in [0.717, 1.165) is 0 Å². The van der Waals surface area contributed by atoms with Crippen LogP contribution in [0, 0.1) is 0 Å². The van der Waals surface area contributed by atoms with E-state index >= 15 is 0 Å². The van der Waals surface area contributed by atoms with Crippen molar-refractivity contribution in [3.8, 4) is 17.2 Å². The molecule has 2 N–H and O–H groups in total. The Balaban J connectivity index is 1.61. The van der Waals surface area contributed by atoms with Crippen LogP contribution >= 0.6 is 0 Å². The van der Waals surface area contributed by atoms with E-state index in [1.165, 1.54) is 32.2 Å². The van der Waals surface area contributed by atoms with Gasteiger partial charge in [0.25, 0.3) is 5.91 Å². The standard InChI is InChI=1S/C19H18N2O7/c1-11(22)20-13-4-6-15(25-2)14(8-13)21-18(23)9-26-19(24)12-3-5-16-17(7-12)28-10-27-16/h3-8H,9-10H2,1-2H3,(H,20,22)(H,21,23). The van der Waals surface area contributed by atoms with Crippen molar-refractivity contribution in [2.24, 2.45) is 0 Å². The van der Waals surface area contributed by atoms with Crippen molar-refractivity contribution in [2.45, 2.75) is 6.92 Å². The molecule has 0 fully saturated rings. The largest absolute Gasteiger partial charge is 0.495 e. The van der Waals surface area contributed by atoms with Crippen LogP contribution in [0.3, 0.4) is 0 Å². The van der Waals surface area contributed by atoms with E-state index in [1.807, 2.05) is 0 Å². The smallest absolute Gasteiger partial charge is 0.338 e. The molecule has 1 heterocycles. The highest BCUT2D eigenvalue weighted by molar-refractivity contribution is 5.97. The number of ether oxygens (including phenoxy) is 4. The summed E-state index contributed by atoms with van der Waals surface area (Å²) >= 11 is 0. The highest BCUT2D eigenvalue weighted by atomic mass is 16.7. The molecule has 2 amide bonds. The van der Waals surface area contributed by atoms with E-state index in [9.17, 15) is 14.4 Å². The van der Waals surface area contributed by atoms with Crippen LogP contribution in [0.2, 0.25) is 0 Å². The van der Waals surface area contributed by atoms with Gasteiger partial charge in [0.15, 0.2) is 18.1 Å². The number of hydrogen-bond donors (Lipinski definition) is 2. The third-order valence-electron chi connectivity index (χ3n) is 3.74. The van der Waals surface area contributed by atoms with Gasteiger partial charge in [-0.1, -0.05) is 0 Å². The number of benzene rings is 2. The van der Waals surface area contributed by atoms with Crippen molar-refractivity contribution in [1.29, 1.82) is 0 Å². The van der Waals surface area contributed by atoms with Gasteiger partial charge in [0.1, 0.15) is 5.75 Å². The average molecular weight is 386 g/mol. The van der Waals surface area contributed by atoms with Gasteiger partial charge in [-0.3, -0.25) is 9.59 Å². The number of carbonyl (C=O) groups excluding carboxylic acids is 3. The first-order valence-corrected chi connectivity index (χ1v) is 8.28. The van der Waals surface area contributed by atoms with Crippen molar-refractivity contribution < 1.29 is 33.3 Å². The molecule has 3 rings (SSSR count). The maximum absolute atomic E-state index is 12.2. The van der Waals surface area contributed by atoms with Crippen molar-refractivity contribution in [3.05, 3.63) is 42.0 Å². The predicted octanol–water partition coefficient (Wildman–Crippen LogP) is 2.18. The molecule has 0 atom stereocenters. The molecular formula is C19H18N2O7. The maximum atomic E-state index is 12.2. The van der Waals surface area contributed by atoms with E-state index in [1.54, 1.807) is 18.2 Å². The Labute approximate surface area is 160 Å². The number of esters is 1. The summed E-state index contributed by atoms with van der Waals surface area (Å²) in [5, 5.41) is 5.20. The Kier molecular flexibility index (Phi) is 5.64. The summed E-state index contributed by atoms with van der Waals surface area (Å²) in [6.07, 6.45) is 0. The van der Waals surface area contributed by atoms with Crippen LogP contribution in [0.4, 0.5) is 11.4 Å². The van der Waals surface area contributed by atoms with E-state index in [0.29, 0.717) is 28.6 Å². The van der Waals surface area contributed by atoms with Crippen molar-refractivity contribution in [1.82, 2.24) is 0 Å². The van der Waals surface area contributed by atoms with Crippen LogP contribution in [-0.2, 0) is 14.3 Å². The number of nitrogens with one attached hydrogen (secondary N) is 2. The molecule has 9 nitrogen and oxygen atoms in total. The van der Waals surface area contributed by atoms with Crippen molar-refractivity contribution >= 4 is 29.2 Å². The first-order chi connectivity index (χ1) is 13.5. The molecule has 2 aromatic rings. The van der Waals surface area contributed by atoms with Crippen LogP contribution in [0.25, 0.3) is 0 Å².